The van der Waals surface area contributed by atoms with E-state index in [2.05, 4.69) is 42.4 Å². The topological polar surface area (TPSA) is 144 Å². The minimum atomic E-state index is -0.113. The smallest absolute Gasteiger partial charge is 0.212 e. The lowest BCUT2D eigenvalue weighted by molar-refractivity contribution is 0.173. The Morgan fingerprint density at radius 1 is 1.05 bits per heavy atom. The second kappa shape index (κ2) is 10.3. The number of ether oxygens (including phenoxy) is 1. The Morgan fingerprint density at radius 2 is 1.95 bits per heavy atom. The molecule has 7 rings (SSSR count). The summed E-state index contributed by atoms with van der Waals surface area (Å²) in [6.07, 6.45) is 10.5. The molecule has 2 N–H and O–H groups in total. The zero-order valence-corrected chi connectivity index (χ0v) is 23.2. The lowest BCUT2D eigenvalue weighted by atomic mass is 9.76. The van der Waals surface area contributed by atoms with Gasteiger partial charge >= 0.3 is 0 Å². The molecule has 0 spiro atoms. The summed E-state index contributed by atoms with van der Waals surface area (Å²) in [7, 11) is 3.48. The molecular formula is C31H28N10O. The molecule has 0 bridgehead atoms. The van der Waals surface area contributed by atoms with Crippen molar-refractivity contribution in [3.8, 4) is 40.4 Å². The number of anilines is 1. The maximum atomic E-state index is 10.1. The maximum Gasteiger partial charge on any atom is 0.212 e. The summed E-state index contributed by atoms with van der Waals surface area (Å²) in [4.78, 5) is 19.2. The predicted octanol–water partition coefficient (Wildman–Crippen LogP) is 3.60. The lowest BCUT2D eigenvalue weighted by Crippen LogP contribution is -2.73. The number of nitriles is 2. The second-order valence-corrected chi connectivity index (χ2v) is 10.9. The monoisotopic (exact) mass is 556 g/mol. The van der Waals surface area contributed by atoms with Gasteiger partial charge in [0.1, 0.15) is 17.5 Å². The molecule has 2 fully saturated rings. The van der Waals surface area contributed by atoms with E-state index in [9.17, 15) is 10.5 Å². The summed E-state index contributed by atoms with van der Waals surface area (Å²) in [5.41, 5.74) is 5.75. The normalized spacial score (nSPS) is 21.3. The Labute approximate surface area is 242 Å². The van der Waals surface area contributed by atoms with Crippen molar-refractivity contribution in [3.05, 3.63) is 72.4 Å². The van der Waals surface area contributed by atoms with Crippen LogP contribution in [0.1, 0.15) is 17.5 Å². The molecule has 2 aliphatic heterocycles. The van der Waals surface area contributed by atoms with Gasteiger partial charge in [-0.05, 0) is 36.6 Å². The van der Waals surface area contributed by atoms with E-state index in [1.54, 1.807) is 24.2 Å². The number of aromatic amines is 1. The maximum absolute atomic E-state index is 10.1. The Hall–Kier alpha value is -5.26. The molecule has 2 aliphatic rings. The average molecular weight is 557 g/mol. The van der Waals surface area contributed by atoms with Crippen LogP contribution in [0.4, 0.5) is 5.82 Å². The third-order valence-electron chi connectivity index (χ3n) is 8.35. The standard InChI is InChI=1S/C31H28N10O/c1-40-16-22(15-37-40)25-9-24-29(21(11-33)14-36-31(24)39-25)19-4-5-27(34-13-19)41-17-26-30(41)20(10-32)8-23(38-26)7-18-3-6-28(42-2)35-12-18/h3-6,9,12-16,20,23,26,30,38H,7-8,17H2,1-2H3,(H,36,39)/t20-,23?,26+,30+/m1/s1. The van der Waals surface area contributed by atoms with Gasteiger partial charge in [0.15, 0.2) is 0 Å². The van der Waals surface area contributed by atoms with Crippen LogP contribution in [0.5, 0.6) is 5.88 Å². The number of methoxy groups -OCH3 is 1. The first-order valence-corrected chi connectivity index (χ1v) is 13.8. The van der Waals surface area contributed by atoms with Crippen LogP contribution in [0.2, 0.25) is 0 Å². The second-order valence-electron chi connectivity index (χ2n) is 10.9. The molecule has 11 heteroatoms. The molecule has 4 atom stereocenters. The van der Waals surface area contributed by atoms with E-state index >= 15 is 0 Å². The molecule has 5 aromatic heterocycles. The van der Waals surface area contributed by atoms with Crippen LogP contribution in [0, 0.1) is 28.6 Å². The molecule has 5 aromatic rings. The van der Waals surface area contributed by atoms with E-state index in [0.29, 0.717) is 17.1 Å². The molecule has 2 saturated heterocycles. The highest BCUT2D eigenvalue weighted by atomic mass is 16.5. The van der Waals surface area contributed by atoms with Crippen molar-refractivity contribution in [2.45, 2.75) is 31.0 Å². The zero-order chi connectivity index (χ0) is 28.8. The fourth-order valence-electron chi connectivity index (χ4n) is 6.33. The number of nitrogens with zero attached hydrogens (tertiary/aromatic N) is 8. The summed E-state index contributed by atoms with van der Waals surface area (Å²) >= 11 is 0. The molecular weight excluding hydrogens is 528 g/mol. The van der Waals surface area contributed by atoms with E-state index in [1.807, 2.05) is 56.0 Å². The molecule has 0 aromatic carbocycles. The molecule has 1 unspecified atom stereocenters. The van der Waals surface area contributed by atoms with E-state index in [0.717, 1.165) is 58.5 Å². The number of piperidine rings is 1. The van der Waals surface area contributed by atoms with Crippen LogP contribution in [-0.4, -0.2) is 61.5 Å². The van der Waals surface area contributed by atoms with Crippen molar-refractivity contribution in [2.75, 3.05) is 18.6 Å². The van der Waals surface area contributed by atoms with Gasteiger partial charge in [0, 0.05) is 78.6 Å². The van der Waals surface area contributed by atoms with Crippen LogP contribution in [0.15, 0.2) is 61.3 Å². The zero-order valence-electron chi connectivity index (χ0n) is 23.2. The lowest BCUT2D eigenvalue weighted by Gasteiger charge is -2.55. The van der Waals surface area contributed by atoms with Gasteiger partial charge in [-0.15, -0.1) is 0 Å². The molecule has 0 saturated carbocycles. The van der Waals surface area contributed by atoms with Gasteiger partial charge < -0.3 is 19.9 Å². The van der Waals surface area contributed by atoms with E-state index in [4.69, 9.17) is 9.72 Å². The van der Waals surface area contributed by atoms with Crippen molar-refractivity contribution in [1.82, 2.24) is 35.0 Å². The van der Waals surface area contributed by atoms with Gasteiger partial charge in [0.2, 0.25) is 5.88 Å². The highest BCUT2D eigenvalue weighted by molar-refractivity contribution is 5.98. The average Bonchev–Trinajstić information content (AvgIpc) is 3.64. The molecule has 0 amide bonds. The minimum absolute atomic E-state index is 0.0626. The third kappa shape index (κ3) is 4.41. The number of pyridine rings is 3. The first kappa shape index (κ1) is 25.7. The van der Waals surface area contributed by atoms with Crippen LogP contribution in [0.3, 0.4) is 0 Å². The molecule has 0 radical (unpaired) electrons. The third-order valence-corrected chi connectivity index (χ3v) is 8.35. The molecule has 0 aliphatic carbocycles. The largest absolute Gasteiger partial charge is 0.481 e. The van der Waals surface area contributed by atoms with Gasteiger partial charge in [0.05, 0.1) is 42.6 Å². The van der Waals surface area contributed by atoms with Gasteiger partial charge in [-0.2, -0.15) is 15.6 Å². The Balaban J connectivity index is 1.11. The Kier molecular flexibility index (Phi) is 6.30. The van der Waals surface area contributed by atoms with Gasteiger partial charge in [-0.3, -0.25) is 4.68 Å². The number of hydrogen-bond acceptors (Lipinski definition) is 9. The summed E-state index contributed by atoms with van der Waals surface area (Å²) in [5, 5.41) is 28.8. The van der Waals surface area contributed by atoms with Crippen LogP contribution in [-0.2, 0) is 13.5 Å². The highest BCUT2D eigenvalue weighted by Gasteiger charge is 2.49. The minimum Gasteiger partial charge on any atom is -0.481 e. The Morgan fingerprint density at radius 3 is 2.64 bits per heavy atom. The molecule has 11 nitrogen and oxygen atoms in total. The fraction of sp³-hybridized carbons (Fsp3) is 0.290. The predicted molar refractivity (Wildman–Crippen MR) is 156 cm³/mol. The van der Waals surface area contributed by atoms with E-state index in [-0.39, 0.29) is 24.0 Å². The number of nitrogens with one attached hydrogen (secondary N) is 2. The van der Waals surface area contributed by atoms with Crippen molar-refractivity contribution >= 4 is 16.9 Å². The summed E-state index contributed by atoms with van der Waals surface area (Å²) < 4.78 is 6.91. The van der Waals surface area contributed by atoms with Gasteiger partial charge in [0.25, 0.3) is 0 Å². The molecule has 7 heterocycles. The first-order chi connectivity index (χ1) is 20.5. The number of aryl methyl sites for hydroxylation is 1. The number of fused-ring (bicyclic) bond motifs is 2. The summed E-state index contributed by atoms with van der Waals surface area (Å²) in [6.45, 7) is 0.780. The van der Waals surface area contributed by atoms with Crippen molar-refractivity contribution < 1.29 is 4.74 Å². The number of hydrogen-bond donors (Lipinski definition) is 2. The quantitative estimate of drug-likeness (QED) is 0.320. The van der Waals surface area contributed by atoms with Crippen LogP contribution < -0.4 is 15.0 Å². The Bertz CT molecular complexity index is 1840. The van der Waals surface area contributed by atoms with Gasteiger partial charge in [-0.1, -0.05) is 6.07 Å². The van der Waals surface area contributed by atoms with E-state index in [1.165, 1.54) is 0 Å². The van der Waals surface area contributed by atoms with Crippen molar-refractivity contribution in [1.29, 1.82) is 10.5 Å². The SMILES string of the molecule is COc1ccc(CC2C[C@H](C#N)[C@H]3[C@H](CN3c3ccc(-c4c(C#N)cnc5[nH]c(-c6cnn(C)c6)cc45)cn3)N2)cn1. The van der Waals surface area contributed by atoms with Gasteiger partial charge in [-0.25, -0.2) is 15.0 Å². The first-order valence-electron chi connectivity index (χ1n) is 13.8. The fourth-order valence-corrected chi connectivity index (χ4v) is 6.33. The number of rotatable bonds is 6. The van der Waals surface area contributed by atoms with Crippen LogP contribution in [0.25, 0.3) is 33.4 Å². The molecule has 42 heavy (non-hydrogen) atoms. The van der Waals surface area contributed by atoms with E-state index < -0.39 is 0 Å². The summed E-state index contributed by atoms with van der Waals surface area (Å²) in [5.74, 6) is 1.31. The summed E-state index contributed by atoms with van der Waals surface area (Å²) in [6, 6.07) is 15.2. The van der Waals surface area contributed by atoms with Crippen LogP contribution >= 0.6 is 0 Å². The highest BCUT2D eigenvalue weighted by Crippen LogP contribution is 2.38. The number of aromatic nitrogens is 6. The van der Waals surface area contributed by atoms with Crippen molar-refractivity contribution in [2.24, 2.45) is 13.0 Å². The number of H-pyrrole nitrogens is 1. The molecule has 208 valence electrons. The van der Waals surface area contributed by atoms with Crippen molar-refractivity contribution in [3.63, 3.8) is 0 Å².